The predicted octanol–water partition coefficient (Wildman–Crippen LogP) is 2.04. The van der Waals surface area contributed by atoms with Crippen molar-refractivity contribution in [2.45, 2.75) is 52.5 Å². The number of rotatable bonds is 7. The number of likely N-dealkylation sites (tertiary alicyclic amines) is 1. The largest absolute Gasteiger partial charge is 0.468 e. The molecule has 1 fully saturated rings. The van der Waals surface area contributed by atoms with Crippen LogP contribution in [0.15, 0.2) is 0 Å². The molecule has 0 spiro atoms. The first kappa shape index (κ1) is 16.4. The van der Waals surface area contributed by atoms with Crippen molar-refractivity contribution in [3.63, 3.8) is 0 Å². The van der Waals surface area contributed by atoms with Crippen molar-refractivity contribution in [2.75, 3.05) is 33.3 Å². The van der Waals surface area contributed by atoms with Gasteiger partial charge in [-0.25, -0.2) is 0 Å². The summed E-state index contributed by atoms with van der Waals surface area (Å²) in [4.78, 5) is 14.4. The van der Waals surface area contributed by atoms with Crippen molar-refractivity contribution in [3.05, 3.63) is 0 Å². The van der Waals surface area contributed by atoms with E-state index in [1.165, 1.54) is 13.5 Å². The van der Waals surface area contributed by atoms with Gasteiger partial charge in [0.05, 0.1) is 7.11 Å². The van der Waals surface area contributed by atoms with Crippen molar-refractivity contribution in [3.8, 4) is 0 Å². The van der Waals surface area contributed by atoms with Gasteiger partial charge in [-0.2, -0.15) is 0 Å². The predicted molar refractivity (Wildman–Crippen MR) is 78.2 cm³/mol. The Hall–Kier alpha value is -0.610. The number of hydrogen-bond donors (Lipinski definition) is 1. The molecule has 0 amide bonds. The molecule has 0 aromatic heterocycles. The van der Waals surface area contributed by atoms with Gasteiger partial charge in [-0.1, -0.05) is 20.8 Å². The highest BCUT2D eigenvalue weighted by molar-refractivity contribution is 5.80. The van der Waals surface area contributed by atoms with E-state index in [2.05, 4.69) is 31.0 Å². The van der Waals surface area contributed by atoms with Gasteiger partial charge < -0.3 is 15.0 Å². The molecule has 0 saturated carbocycles. The van der Waals surface area contributed by atoms with Gasteiger partial charge in [-0.05, 0) is 44.7 Å². The smallest absolute Gasteiger partial charge is 0.325 e. The summed E-state index contributed by atoms with van der Waals surface area (Å²) in [5, 5.41) is 3.34. The van der Waals surface area contributed by atoms with E-state index < -0.39 is 5.54 Å². The Morgan fingerprint density at radius 2 is 2.16 bits per heavy atom. The highest BCUT2D eigenvalue weighted by Crippen LogP contribution is 2.29. The average molecular weight is 270 g/mol. The number of hydrogen-bond acceptors (Lipinski definition) is 4. The maximum Gasteiger partial charge on any atom is 0.325 e. The summed E-state index contributed by atoms with van der Waals surface area (Å²) >= 11 is 0. The molecule has 1 aliphatic rings. The Kier molecular flexibility index (Phi) is 5.81. The van der Waals surface area contributed by atoms with Crippen LogP contribution in [-0.4, -0.2) is 49.7 Å². The third-order valence-corrected chi connectivity index (χ3v) is 4.09. The van der Waals surface area contributed by atoms with Crippen molar-refractivity contribution in [2.24, 2.45) is 5.41 Å². The van der Waals surface area contributed by atoms with Crippen LogP contribution in [0.3, 0.4) is 0 Å². The minimum absolute atomic E-state index is 0.153. The van der Waals surface area contributed by atoms with Crippen LogP contribution in [-0.2, 0) is 9.53 Å². The molecule has 19 heavy (non-hydrogen) atoms. The molecule has 1 unspecified atom stereocenters. The van der Waals surface area contributed by atoms with Crippen LogP contribution in [0.2, 0.25) is 0 Å². The van der Waals surface area contributed by atoms with Gasteiger partial charge in [-0.3, -0.25) is 4.79 Å². The number of ether oxygens (including phenoxy) is 1. The first-order valence-electron chi connectivity index (χ1n) is 7.39. The van der Waals surface area contributed by atoms with Crippen LogP contribution >= 0.6 is 0 Å². The number of methoxy groups -OCH3 is 1. The molecule has 1 atom stereocenters. The molecular formula is C15H30N2O2. The van der Waals surface area contributed by atoms with Crippen molar-refractivity contribution in [1.29, 1.82) is 0 Å². The number of nitrogens with one attached hydrogen (secondary N) is 1. The molecule has 4 heteroatoms. The van der Waals surface area contributed by atoms with Gasteiger partial charge in [-0.15, -0.1) is 0 Å². The Bertz CT molecular complexity index is 305. The highest BCUT2D eigenvalue weighted by Gasteiger charge is 2.36. The van der Waals surface area contributed by atoms with Gasteiger partial charge in [0.1, 0.15) is 5.54 Å². The van der Waals surface area contributed by atoms with E-state index in [0.29, 0.717) is 5.41 Å². The molecular weight excluding hydrogens is 240 g/mol. The minimum Gasteiger partial charge on any atom is -0.468 e. The van der Waals surface area contributed by atoms with Crippen LogP contribution in [0, 0.1) is 5.41 Å². The number of esters is 1. The van der Waals surface area contributed by atoms with E-state index in [1.807, 2.05) is 6.92 Å². The summed E-state index contributed by atoms with van der Waals surface area (Å²) in [6.07, 6.45) is 3.06. The molecule has 0 aromatic rings. The molecule has 4 nitrogen and oxygen atoms in total. The van der Waals surface area contributed by atoms with Crippen LogP contribution in [0.4, 0.5) is 0 Å². The molecule has 1 rings (SSSR count). The highest BCUT2D eigenvalue weighted by atomic mass is 16.5. The zero-order chi connectivity index (χ0) is 14.5. The zero-order valence-corrected chi connectivity index (χ0v) is 13.2. The normalized spacial score (nSPS) is 22.2. The summed E-state index contributed by atoms with van der Waals surface area (Å²) in [6.45, 7) is 12.7. The van der Waals surface area contributed by atoms with Crippen molar-refractivity contribution < 1.29 is 9.53 Å². The zero-order valence-electron chi connectivity index (χ0n) is 13.2. The molecule has 0 radical (unpaired) electrons. The molecule has 1 N–H and O–H groups in total. The van der Waals surface area contributed by atoms with E-state index in [-0.39, 0.29) is 5.97 Å². The maximum absolute atomic E-state index is 12.0. The standard InChI is InChI=1S/C15H30N2O2/c1-6-9-16-15(4,13(18)19-5)8-11-17-10-7-14(2,3)12-17/h16H,6-12H2,1-5H3. The maximum atomic E-state index is 12.0. The second-order valence-electron chi connectivity index (χ2n) is 6.69. The second kappa shape index (κ2) is 6.71. The lowest BCUT2D eigenvalue weighted by atomic mass is 9.93. The van der Waals surface area contributed by atoms with E-state index in [0.717, 1.165) is 39.0 Å². The third kappa shape index (κ3) is 4.77. The van der Waals surface area contributed by atoms with E-state index in [9.17, 15) is 4.79 Å². The second-order valence-corrected chi connectivity index (χ2v) is 6.69. The fourth-order valence-electron chi connectivity index (χ4n) is 2.69. The Morgan fingerprint density at radius 1 is 1.47 bits per heavy atom. The first-order valence-corrected chi connectivity index (χ1v) is 7.39. The van der Waals surface area contributed by atoms with Gasteiger partial charge in [0.15, 0.2) is 0 Å². The topological polar surface area (TPSA) is 41.6 Å². The molecule has 0 bridgehead atoms. The Labute approximate surface area is 117 Å². The molecule has 0 aliphatic carbocycles. The van der Waals surface area contributed by atoms with Gasteiger partial charge >= 0.3 is 5.97 Å². The van der Waals surface area contributed by atoms with Gasteiger partial charge in [0.25, 0.3) is 0 Å². The minimum atomic E-state index is -0.558. The summed E-state index contributed by atoms with van der Waals surface area (Å²) < 4.78 is 4.95. The number of carbonyl (C=O) groups excluding carboxylic acids is 1. The first-order chi connectivity index (χ1) is 8.83. The van der Waals surface area contributed by atoms with E-state index >= 15 is 0 Å². The van der Waals surface area contributed by atoms with Crippen LogP contribution < -0.4 is 5.32 Å². The summed E-state index contributed by atoms with van der Waals surface area (Å²) in [5.41, 5.74) is -0.143. The van der Waals surface area contributed by atoms with E-state index in [1.54, 1.807) is 0 Å². The number of nitrogens with zero attached hydrogens (tertiary/aromatic N) is 1. The Balaban J connectivity index is 2.51. The Morgan fingerprint density at radius 3 is 2.63 bits per heavy atom. The molecule has 0 aromatic carbocycles. The summed E-state index contributed by atoms with van der Waals surface area (Å²) in [7, 11) is 1.47. The van der Waals surface area contributed by atoms with Crippen LogP contribution in [0.1, 0.15) is 47.0 Å². The van der Waals surface area contributed by atoms with Crippen LogP contribution in [0.25, 0.3) is 0 Å². The third-order valence-electron chi connectivity index (χ3n) is 4.09. The van der Waals surface area contributed by atoms with Gasteiger partial charge in [0.2, 0.25) is 0 Å². The molecule has 112 valence electrons. The number of carbonyl (C=O) groups is 1. The van der Waals surface area contributed by atoms with E-state index in [4.69, 9.17) is 4.74 Å². The van der Waals surface area contributed by atoms with Gasteiger partial charge in [0, 0.05) is 13.1 Å². The molecule has 1 heterocycles. The van der Waals surface area contributed by atoms with Crippen molar-refractivity contribution in [1.82, 2.24) is 10.2 Å². The fourth-order valence-corrected chi connectivity index (χ4v) is 2.69. The van der Waals surface area contributed by atoms with Crippen LogP contribution in [0.5, 0.6) is 0 Å². The molecule has 1 aliphatic heterocycles. The lowest BCUT2D eigenvalue weighted by Gasteiger charge is -2.30. The monoisotopic (exact) mass is 270 g/mol. The SMILES string of the molecule is CCCNC(C)(CCN1CCC(C)(C)C1)C(=O)OC. The lowest BCUT2D eigenvalue weighted by molar-refractivity contribution is -0.148. The summed E-state index contributed by atoms with van der Waals surface area (Å²) in [5.74, 6) is -0.153. The summed E-state index contributed by atoms with van der Waals surface area (Å²) in [6, 6.07) is 0. The quantitative estimate of drug-likeness (QED) is 0.719. The molecule has 1 saturated heterocycles. The average Bonchev–Trinajstić information content (AvgIpc) is 2.72. The van der Waals surface area contributed by atoms with Crippen molar-refractivity contribution >= 4 is 5.97 Å². The fraction of sp³-hybridized carbons (Fsp3) is 0.933. The lowest BCUT2D eigenvalue weighted by Crippen LogP contribution is -2.52.